The van der Waals surface area contributed by atoms with Gasteiger partial charge in [0, 0.05) is 21.6 Å². The summed E-state index contributed by atoms with van der Waals surface area (Å²) in [7, 11) is 0. The average Bonchev–Trinajstić information content (AvgIpc) is 2.87. The van der Waals surface area contributed by atoms with E-state index in [9.17, 15) is 4.79 Å². The Morgan fingerprint density at radius 1 is 1.14 bits per heavy atom. The minimum absolute atomic E-state index is 0.156. The molecule has 3 nitrogen and oxygen atoms in total. The van der Waals surface area contributed by atoms with Crippen molar-refractivity contribution >= 4 is 34.1 Å². The van der Waals surface area contributed by atoms with Gasteiger partial charge in [-0.15, -0.1) is 0 Å². The molecule has 3 aromatic rings. The van der Waals surface area contributed by atoms with Gasteiger partial charge in [0.05, 0.1) is 0 Å². The number of nitrogens with one attached hydrogen (secondary N) is 2. The topological polar surface area (TPSA) is 44.9 Å². The molecule has 0 fully saturated rings. The predicted molar refractivity (Wildman–Crippen MR) is 87.2 cm³/mol. The number of aryl methyl sites for hydroxylation is 1. The number of carbonyl (C=O) groups excluding carboxylic acids is 1. The number of amides is 1. The predicted octanol–water partition coefficient (Wildman–Crippen LogP) is 4.69. The molecule has 0 aliphatic carbocycles. The number of H-pyrrole nitrogens is 1. The summed E-state index contributed by atoms with van der Waals surface area (Å²) in [6, 6.07) is 13.2. The van der Waals surface area contributed by atoms with Gasteiger partial charge in [-0.1, -0.05) is 29.8 Å². The first-order chi connectivity index (χ1) is 10.0. The van der Waals surface area contributed by atoms with E-state index in [1.54, 1.807) is 0 Å². The molecule has 3 rings (SSSR count). The molecule has 0 bridgehead atoms. The van der Waals surface area contributed by atoms with Crippen molar-refractivity contribution in [2.75, 3.05) is 5.32 Å². The third-order valence-corrected chi connectivity index (χ3v) is 3.92. The van der Waals surface area contributed by atoms with Crippen LogP contribution >= 0.6 is 11.6 Å². The molecule has 0 aliphatic heterocycles. The van der Waals surface area contributed by atoms with Gasteiger partial charge in [0.2, 0.25) is 0 Å². The van der Waals surface area contributed by atoms with E-state index in [-0.39, 0.29) is 5.91 Å². The Hall–Kier alpha value is -2.26. The molecule has 21 heavy (non-hydrogen) atoms. The zero-order valence-corrected chi connectivity index (χ0v) is 12.6. The minimum Gasteiger partial charge on any atom is -0.350 e. The summed E-state index contributed by atoms with van der Waals surface area (Å²) in [5.41, 5.74) is 4.43. The van der Waals surface area contributed by atoms with Crippen LogP contribution in [0, 0.1) is 13.8 Å². The normalized spacial score (nSPS) is 10.8. The standard InChI is InChI=1S/C17H15ClN2O/c1-10-4-3-5-14(11(10)2)20-17(21)16-8-12-6-7-13(18)9-15(12)19-16/h3-9,19H,1-2H3,(H,20,21). The number of hydrogen-bond donors (Lipinski definition) is 2. The fourth-order valence-electron chi connectivity index (χ4n) is 2.30. The molecule has 1 heterocycles. The van der Waals surface area contributed by atoms with Crippen LogP contribution in [-0.4, -0.2) is 10.9 Å². The van der Waals surface area contributed by atoms with E-state index in [2.05, 4.69) is 10.3 Å². The van der Waals surface area contributed by atoms with E-state index in [0.29, 0.717) is 10.7 Å². The highest BCUT2D eigenvalue weighted by atomic mass is 35.5. The Kier molecular flexibility index (Phi) is 3.43. The van der Waals surface area contributed by atoms with Gasteiger partial charge in [-0.05, 0) is 49.2 Å². The van der Waals surface area contributed by atoms with Gasteiger partial charge in [0.1, 0.15) is 5.69 Å². The summed E-state index contributed by atoms with van der Waals surface area (Å²) in [5.74, 6) is -0.156. The maximum Gasteiger partial charge on any atom is 0.272 e. The first-order valence-corrected chi connectivity index (χ1v) is 7.08. The third kappa shape index (κ3) is 2.65. The smallest absolute Gasteiger partial charge is 0.272 e. The van der Waals surface area contributed by atoms with E-state index >= 15 is 0 Å². The molecule has 0 aliphatic rings. The van der Waals surface area contributed by atoms with Crippen LogP contribution in [0.4, 0.5) is 5.69 Å². The van der Waals surface area contributed by atoms with Crippen LogP contribution in [0.2, 0.25) is 5.02 Å². The molecule has 0 saturated heterocycles. The second-order valence-electron chi connectivity index (χ2n) is 5.12. The molecule has 2 N–H and O–H groups in total. The molecule has 0 radical (unpaired) electrons. The van der Waals surface area contributed by atoms with Crippen molar-refractivity contribution in [3.05, 3.63) is 64.3 Å². The average molecular weight is 299 g/mol. The molecule has 0 atom stereocenters. The molecule has 1 aromatic heterocycles. The van der Waals surface area contributed by atoms with Gasteiger partial charge in [0.25, 0.3) is 5.91 Å². The van der Waals surface area contributed by atoms with Crippen LogP contribution in [0.5, 0.6) is 0 Å². The molecule has 1 amide bonds. The number of anilines is 1. The lowest BCUT2D eigenvalue weighted by atomic mass is 10.1. The fraction of sp³-hybridized carbons (Fsp3) is 0.118. The Morgan fingerprint density at radius 3 is 2.76 bits per heavy atom. The van der Waals surface area contributed by atoms with Crippen LogP contribution in [0.1, 0.15) is 21.6 Å². The van der Waals surface area contributed by atoms with Crippen molar-refractivity contribution < 1.29 is 4.79 Å². The molecule has 0 spiro atoms. The van der Waals surface area contributed by atoms with Crippen LogP contribution in [0.15, 0.2) is 42.5 Å². The highest BCUT2D eigenvalue weighted by Gasteiger charge is 2.11. The molecular weight excluding hydrogens is 284 g/mol. The van der Waals surface area contributed by atoms with Crippen molar-refractivity contribution in [2.45, 2.75) is 13.8 Å². The number of rotatable bonds is 2. The Bertz CT molecular complexity index is 836. The molecule has 4 heteroatoms. The summed E-state index contributed by atoms with van der Waals surface area (Å²) in [4.78, 5) is 15.5. The van der Waals surface area contributed by atoms with Crippen molar-refractivity contribution in [2.24, 2.45) is 0 Å². The highest BCUT2D eigenvalue weighted by Crippen LogP contribution is 2.22. The Balaban J connectivity index is 1.91. The summed E-state index contributed by atoms with van der Waals surface area (Å²) < 4.78 is 0. The first-order valence-electron chi connectivity index (χ1n) is 6.70. The van der Waals surface area contributed by atoms with Crippen molar-refractivity contribution in [3.8, 4) is 0 Å². The second kappa shape index (κ2) is 5.26. The van der Waals surface area contributed by atoms with Gasteiger partial charge in [-0.25, -0.2) is 0 Å². The maximum atomic E-state index is 12.4. The number of aromatic nitrogens is 1. The first kappa shape index (κ1) is 13.7. The lowest BCUT2D eigenvalue weighted by Gasteiger charge is -2.09. The van der Waals surface area contributed by atoms with Gasteiger partial charge in [0.15, 0.2) is 0 Å². The third-order valence-electron chi connectivity index (χ3n) is 3.68. The van der Waals surface area contributed by atoms with Gasteiger partial charge >= 0.3 is 0 Å². The van der Waals surface area contributed by atoms with Crippen LogP contribution in [0.25, 0.3) is 10.9 Å². The van der Waals surface area contributed by atoms with Crippen LogP contribution in [0.3, 0.4) is 0 Å². The Labute approximate surface area is 127 Å². The van der Waals surface area contributed by atoms with Crippen LogP contribution < -0.4 is 5.32 Å². The van der Waals surface area contributed by atoms with Gasteiger partial charge in [-0.3, -0.25) is 4.79 Å². The van der Waals surface area contributed by atoms with Crippen molar-refractivity contribution in [1.82, 2.24) is 4.98 Å². The van der Waals surface area contributed by atoms with Gasteiger partial charge in [-0.2, -0.15) is 0 Å². The Morgan fingerprint density at radius 2 is 1.95 bits per heavy atom. The molecule has 0 unspecified atom stereocenters. The number of aromatic amines is 1. The highest BCUT2D eigenvalue weighted by molar-refractivity contribution is 6.31. The number of fused-ring (bicyclic) bond motifs is 1. The molecule has 0 saturated carbocycles. The lowest BCUT2D eigenvalue weighted by Crippen LogP contribution is -2.13. The quantitative estimate of drug-likeness (QED) is 0.708. The summed E-state index contributed by atoms with van der Waals surface area (Å²) in [5, 5.41) is 4.55. The summed E-state index contributed by atoms with van der Waals surface area (Å²) in [6.07, 6.45) is 0. The summed E-state index contributed by atoms with van der Waals surface area (Å²) >= 11 is 5.95. The summed E-state index contributed by atoms with van der Waals surface area (Å²) in [6.45, 7) is 4.02. The van der Waals surface area contributed by atoms with Crippen molar-refractivity contribution in [3.63, 3.8) is 0 Å². The number of hydrogen-bond acceptors (Lipinski definition) is 1. The minimum atomic E-state index is -0.156. The van der Waals surface area contributed by atoms with E-state index in [0.717, 1.165) is 27.7 Å². The largest absolute Gasteiger partial charge is 0.350 e. The number of carbonyl (C=O) groups is 1. The molecule has 2 aromatic carbocycles. The zero-order valence-electron chi connectivity index (χ0n) is 11.8. The van der Waals surface area contributed by atoms with E-state index < -0.39 is 0 Å². The van der Waals surface area contributed by atoms with E-state index in [1.165, 1.54) is 0 Å². The molecular formula is C17H15ClN2O. The van der Waals surface area contributed by atoms with E-state index in [4.69, 9.17) is 11.6 Å². The zero-order chi connectivity index (χ0) is 15.0. The molecule has 106 valence electrons. The number of halogens is 1. The van der Waals surface area contributed by atoms with Crippen LogP contribution in [-0.2, 0) is 0 Å². The monoisotopic (exact) mass is 298 g/mol. The second-order valence-corrected chi connectivity index (χ2v) is 5.55. The lowest BCUT2D eigenvalue weighted by molar-refractivity contribution is 0.102. The van der Waals surface area contributed by atoms with Crippen molar-refractivity contribution in [1.29, 1.82) is 0 Å². The number of benzene rings is 2. The SMILES string of the molecule is Cc1cccc(NC(=O)c2cc3ccc(Cl)cc3[nH]2)c1C. The maximum absolute atomic E-state index is 12.4. The fourth-order valence-corrected chi connectivity index (χ4v) is 2.47. The van der Waals surface area contributed by atoms with E-state index in [1.807, 2.05) is 56.3 Å². The van der Waals surface area contributed by atoms with Gasteiger partial charge < -0.3 is 10.3 Å².